The molecule has 2 aromatic rings. The molecule has 0 atom stereocenters. The molecule has 0 bridgehead atoms. The molecule has 100 valence electrons. The SMILES string of the molecule is CCNC(=O)c1c(-c2cccc(OC)c2)csc1N. The van der Waals surface area contributed by atoms with Gasteiger partial charge in [0.2, 0.25) is 0 Å². The number of carbonyl (C=O) groups excluding carboxylic acids is 1. The summed E-state index contributed by atoms with van der Waals surface area (Å²) in [6.07, 6.45) is 0. The van der Waals surface area contributed by atoms with E-state index >= 15 is 0 Å². The molecule has 2 rings (SSSR count). The van der Waals surface area contributed by atoms with E-state index in [4.69, 9.17) is 10.5 Å². The number of ether oxygens (including phenoxy) is 1. The normalized spacial score (nSPS) is 10.2. The fourth-order valence-electron chi connectivity index (χ4n) is 1.86. The van der Waals surface area contributed by atoms with E-state index in [9.17, 15) is 4.79 Å². The number of rotatable bonds is 4. The molecule has 0 unspecified atom stereocenters. The second kappa shape index (κ2) is 5.75. The molecule has 5 heteroatoms. The van der Waals surface area contributed by atoms with Crippen molar-refractivity contribution in [1.82, 2.24) is 5.32 Å². The topological polar surface area (TPSA) is 64.3 Å². The second-order valence-electron chi connectivity index (χ2n) is 3.98. The molecule has 0 fully saturated rings. The van der Waals surface area contributed by atoms with Crippen LogP contribution >= 0.6 is 11.3 Å². The van der Waals surface area contributed by atoms with Crippen molar-refractivity contribution in [2.45, 2.75) is 6.92 Å². The number of nitrogens with two attached hydrogens (primary N) is 1. The van der Waals surface area contributed by atoms with Crippen LogP contribution in [0.1, 0.15) is 17.3 Å². The lowest BCUT2D eigenvalue weighted by Crippen LogP contribution is -2.23. The highest BCUT2D eigenvalue weighted by molar-refractivity contribution is 7.15. The first kappa shape index (κ1) is 13.4. The summed E-state index contributed by atoms with van der Waals surface area (Å²) in [5.41, 5.74) is 8.21. The van der Waals surface area contributed by atoms with Crippen LogP contribution in [0.4, 0.5) is 5.00 Å². The van der Waals surface area contributed by atoms with Gasteiger partial charge < -0.3 is 15.8 Å². The molecule has 1 amide bonds. The number of hydrogen-bond donors (Lipinski definition) is 2. The summed E-state index contributed by atoms with van der Waals surface area (Å²) in [5.74, 6) is 0.614. The smallest absolute Gasteiger partial charge is 0.254 e. The standard InChI is InChI=1S/C14H16N2O2S/c1-3-16-14(17)12-11(8-19-13(12)15)9-5-4-6-10(7-9)18-2/h4-8H,3,15H2,1-2H3,(H,16,17). The number of methoxy groups -OCH3 is 1. The minimum absolute atomic E-state index is 0.140. The van der Waals surface area contributed by atoms with E-state index in [1.54, 1.807) is 7.11 Å². The number of carbonyl (C=O) groups is 1. The van der Waals surface area contributed by atoms with Gasteiger partial charge in [0.05, 0.1) is 17.7 Å². The Hall–Kier alpha value is -2.01. The van der Waals surface area contributed by atoms with E-state index in [-0.39, 0.29) is 5.91 Å². The molecule has 0 aliphatic heterocycles. The van der Waals surface area contributed by atoms with Gasteiger partial charge in [0.25, 0.3) is 5.91 Å². The van der Waals surface area contributed by atoms with E-state index in [0.717, 1.165) is 16.9 Å². The molecule has 19 heavy (non-hydrogen) atoms. The number of nitrogens with one attached hydrogen (secondary N) is 1. The highest BCUT2D eigenvalue weighted by Crippen LogP contribution is 2.34. The second-order valence-corrected chi connectivity index (χ2v) is 4.89. The van der Waals surface area contributed by atoms with Gasteiger partial charge in [0.15, 0.2) is 0 Å². The first-order valence-electron chi connectivity index (χ1n) is 5.97. The van der Waals surface area contributed by atoms with Crippen molar-refractivity contribution < 1.29 is 9.53 Å². The molecule has 1 aromatic carbocycles. The molecule has 0 saturated heterocycles. The molecule has 0 aliphatic rings. The maximum atomic E-state index is 12.1. The minimum atomic E-state index is -0.140. The third-order valence-electron chi connectivity index (χ3n) is 2.76. The van der Waals surface area contributed by atoms with Crippen molar-refractivity contribution in [3.8, 4) is 16.9 Å². The fraction of sp³-hybridized carbons (Fsp3) is 0.214. The number of benzene rings is 1. The molecule has 4 nitrogen and oxygen atoms in total. The van der Waals surface area contributed by atoms with Crippen LogP contribution in [0.2, 0.25) is 0 Å². The van der Waals surface area contributed by atoms with Crippen LogP contribution in [-0.4, -0.2) is 19.6 Å². The van der Waals surface area contributed by atoms with Gasteiger partial charge in [0, 0.05) is 17.5 Å². The summed E-state index contributed by atoms with van der Waals surface area (Å²) < 4.78 is 5.20. The third kappa shape index (κ3) is 2.71. The molecule has 0 radical (unpaired) electrons. The molecule has 1 heterocycles. The monoisotopic (exact) mass is 276 g/mol. The van der Waals surface area contributed by atoms with E-state index < -0.39 is 0 Å². The van der Waals surface area contributed by atoms with Gasteiger partial charge in [-0.25, -0.2) is 0 Å². The first-order chi connectivity index (χ1) is 9.17. The molecule has 3 N–H and O–H groups in total. The van der Waals surface area contributed by atoms with E-state index in [1.165, 1.54) is 11.3 Å². The zero-order valence-electron chi connectivity index (χ0n) is 10.9. The Morgan fingerprint density at radius 1 is 1.47 bits per heavy atom. The van der Waals surface area contributed by atoms with Crippen molar-refractivity contribution in [2.75, 3.05) is 19.4 Å². The minimum Gasteiger partial charge on any atom is -0.497 e. The van der Waals surface area contributed by atoms with Crippen molar-refractivity contribution in [1.29, 1.82) is 0 Å². The largest absolute Gasteiger partial charge is 0.497 e. The molecule has 0 spiro atoms. The van der Waals surface area contributed by atoms with E-state index in [2.05, 4.69) is 5.32 Å². The number of hydrogen-bond acceptors (Lipinski definition) is 4. The Balaban J connectivity index is 2.47. The number of anilines is 1. The number of nitrogen functional groups attached to an aromatic ring is 1. The Kier molecular flexibility index (Phi) is 4.06. The highest BCUT2D eigenvalue weighted by Gasteiger charge is 2.18. The fourth-order valence-corrected chi connectivity index (χ4v) is 2.68. The van der Waals surface area contributed by atoms with Gasteiger partial charge in [-0.1, -0.05) is 12.1 Å². The van der Waals surface area contributed by atoms with Crippen LogP contribution < -0.4 is 15.8 Å². The lowest BCUT2D eigenvalue weighted by molar-refractivity contribution is 0.0957. The van der Waals surface area contributed by atoms with Gasteiger partial charge >= 0.3 is 0 Å². The Labute approximate surface area is 116 Å². The van der Waals surface area contributed by atoms with Crippen molar-refractivity contribution in [3.63, 3.8) is 0 Å². The summed E-state index contributed by atoms with van der Waals surface area (Å²) in [6.45, 7) is 2.46. The third-order valence-corrected chi connectivity index (χ3v) is 3.58. The quantitative estimate of drug-likeness (QED) is 0.902. The maximum absolute atomic E-state index is 12.1. The van der Waals surface area contributed by atoms with Crippen molar-refractivity contribution >= 4 is 22.2 Å². The van der Waals surface area contributed by atoms with Gasteiger partial charge in [-0.2, -0.15) is 0 Å². The molecular formula is C14H16N2O2S. The molecular weight excluding hydrogens is 260 g/mol. The summed E-state index contributed by atoms with van der Waals surface area (Å²) in [5, 5.41) is 5.21. The van der Waals surface area contributed by atoms with Gasteiger partial charge in [0.1, 0.15) is 5.75 Å². The zero-order chi connectivity index (χ0) is 13.8. The zero-order valence-corrected chi connectivity index (χ0v) is 11.7. The van der Waals surface area contributed by atoms with E-state index in [1.807, 2.05) is 36.6 Å². The Bertz CT molecular complexity index is 593. The highest BCUT2D eigenvalue weighted by atomic mass is 32.1. The van der Waals surface area contributed by atoms with Gasteiger partial charge in [-0.3, -0.25) is 4.79 Å². The van der Waals surface area contributed by atoms with Crippen LogP contribution in [0.5, 0.6) is 5.75 Å². The van der Waals surface area contributed by atoms with Crippen LogP contribution in [0.15, 0.2) is 29.6 Å². The summed E-state index contributed by atoms with van der Waals surface area (Å²) in [4.78, 5) is 12.1. The molecule has 0 aliphatic carbocycles. The lowest BCUT2D eigenvalue weighted by atomic mass is 10.0. The predicted molar refractivity (Wildman–Crippen MR) is 78.7 cm³/mol. The number of thiophene rings is 1. The predicted octanol–water partition coefficient (Wildman–Crippen LogP) is 2.76. The van der Waals surface area contributed by atoms with Crippen LogP contribution in [-0.2, 0) is 0 Å². The van der Waals surface area contributed by atoms with Gasteiger partial charge in [-0.15, -0.1) is 11.3 Å². The van der Waals surface area contributed by atoms with Crippen LogP contribution in [0.3, 0.4) is 0 Å². The van der Waals surface area contributed by atoms with Crippen molar-refractivity contribution in [2.24, 2.45) is 0 Å². The number of amides is 1. The summed E-state index contributed by atoms with van der Waals surface area (Å²) in [7, 11) is 1.62. The van der Waals surface area contributed by atoms with Gasteiger partial charge in [-0.05, 0) is 24.6 Å². The lowest BCUT2D eigenvalue weighted by Gasteiger charge is -2.07. The summed E-state index contributed by atoms with van der Waals surface area (Å²) >= 11 is 1.37. The van der Waals surface area contributed by atoms with Crippen molar-refractivity contribution in [3.05, 3.63) is 35.2 Å². The average Bonchev–Trinajstić information content (AvgIpc) is 2.81. The summed E-state index contributed by atoms with van der Waals surface area (Å²) in [6, 6.07) is 7.59. The molecule has 1 aromatic heterocycles. The van der Waals surface area contributed by atoms with Crippen LogP contribution in [0.25, 0.3) is 11.1 Å². The average molecular weight is 276 g/mol. The Morgan fingerprint density at radius 3 is 2.95 bits per heavy atom. The van der Waals surface area contributed by atoms with Crippen LogP contribution in [0, 0.1) is 0 Å². The maximum Gasteiger partial charge on any atom is 0.254 e. The molecule has 0 saturated carbocycles. The Morgan fingerprint density at radius 2 is 2.26 bits per heavy atom. The van der Waals surface area contributed by atoms with E-state index in [0.29, 0.717) is 17.1 Å². The first-order valence-corrected chi connectivity index (χ1v) is 6.85.